The maximum Gasteiger partial charge on any atom is 0.200 e. The summed E-state index contributed by atoms with van der Waals surface area (Å²) in [7, 11) is 0. The Kier molecular flexibility index (Phi) is 4.65. The summed E-state index contributed by atoms with van der Waals surface area (Å²) < 4.78 is 11.8. The average Bonchev–Trinajstić information content (AvgIpc) is 2.73. The molecule has 0 aliphatic rings. The summed E-state index contributed by atoms with van der Waals surface area (Å²) in [6, 6.07) is 24.1. The molecule has 28 heavy (non-hydrogen) atoms. The molecule has 0 radical (unpaired) electrons. The van der Waals surface area contributed by atoms with Gasteiger partial charge in [0.1, 0.15) is 23.7 Å². The minimum atomic E-state index is -0.0522. The molecule has 0 unspecified atom stereocenters. The van der Waals surface area contributed by atoms with Crippen molar-refractivity contribution in [2.45, 2.75) is 13.5 Å². The molecule has 4 rings (SSSR count). The lowest BCUT2D eigenvalue weighted by Crippen LogP contribution is -2.07. The Bertz CT molecular complexity index is 1230. The van der Waals surface area contributed by atoms with Crippen LogP contribution in [0.5, 0.6) is 5.75 Å². The van der Waals surface area contributed by atoms with Gasteiger partial charge < -0.3 is 9.15 Å². The van der Waals surface area contributed by atoms with Crippen LogP contribution in [-0.4, -0.2) is 0 Å². The van der Waals surface area contributed by atoms with E-state index in [0.717, 1.165) is 11.1 Å². The van der Waals surface area contributed by atoms with E-state index in [1.54, 1.807) is 37.3 Å². The number of nitriles is 1. The summed E-state index contributed by atoms with van der Waals surface area (Å²) in [4.78, 5) is 13.0. The van der Waals surface area contributed by atoms with Gasteiger partial charge in [-0.15, -0.1) is 0 Å². The lowest BCUT2D eigenvalue weighted by molar-refractivity contribution is 0.306. The number of nitrogens with zero attached hydrogens (tertiary/aromatic N) is 1. The van der Waals surface area contributed by atoms with Crippen LogP contribution in [-0.2, 0) is 6.61 Å². The predicted molar refractivity (Wildman–Crippen MR) is 108 cm³/mol. The van der Waals surface area contributed by atoms with Crippen LogP contribution in [0.3, 0.4) is 0 Å². The second-order valence-corrected chi connectivity index (χ2v) is 6.48. The van der Waals surface area contributed by atoms with Crippen LogP contribution in [0.15, 0.2) is 82.0 Å². The lowest BCUT2D eigenvalue weighted by atomic mass is 10.0. The molecule has 0 N–H and O–H groups in total. The Hall–Kier alpha value is -3.84. The molecule has 0 atom stereocenters. The number of hydrogen-bond acceptors (Lipinski definition) is 4. The van der Waals surface area contributed by atoms with E-state index in [1.807, 2.05) is 42.5 Å². The fraction of sp³-hybridized carbons (Fsp3) is 0.0833. The molecule has 136 valence electrons. The second kappa shape index (κ2) is 7.42. The maximum atomic E-state index is 13.0. The van der Waals surface area contributed by atoms with Crippen LogP contribution >= 0.6 is 0 Å². The van der Waals surface area contributed by atoms with Crippen LogP contribution in [0, 0.1) is 18.3 Å². The smallest absolute Gasteiger partial charge is 0.200 e. The number of ether oxygens (including phenoxy) is 1. The number of rotatable bonds is 4. The van der Waals surface area contributed by atoms with Gasteiger partial charge in [0, 0.05) is 6.07 Å². The van der Waals surface area contributed by atoms with E-state index in [4.69, 9.17) is 14.4 Å². The summed E-state index contributed by atoms with van der Waals surface area (Å²) in [6.45, 7) is 2.16. The fourth-order valence-corrected chi connectivity index (χ4v) is 3.16. The van der Waals surface area contributed by atoms with Gasteiger partial charge in [-0.05, 0) is 42.3 Å². The van der Waals surface area contributed by atoms with Crippen molar-refractivity contribution in [2.75, 3.05) is 0 Å². The van der Waals surface area contributed by atoms with E-state index in [9.17, 15) is 4.79 Å². The molecule has 3 aromatic carbocycles. The first-order valence-corrected chi connectivity index (χ1v) is 8.90. The van der Waals surface area contributed by atoms with Gasteiger partial charge in [-0.3, -0.25) is 4.79 Å². The van der Waals surface area contributed by atoms with Gasteiger partial charge in [0.25, 0.3) is 0 Å². The van der Waals surface area contributed by atoms with Crippen molar-refractivity contribution in [2.24, 2.45) is 0 Å². The quantitative estimate of drug-likeness (QED) is 0.496. The van der Waals surface area contributed by atoms with E-state index in [1.165, 1.54) is 0 Å². The zero-order chi connectivity index (χ0) is 19.5. The molecule has 0 aliphatic carbocycles. The van der Waals surface area contributed by atoms with Crippen LogP contribution in [0.2, 0.25) is 0 Å². The van der Waals surface area contributed by atoms with E-state index in [0.29, 0.717) is 40.2 Å². The van der Waals surface area contributed by atoms with E-state index < -0.39 is 0 Å². The monoisotopic (exact) mass is 367 g/mol. The normalized spacial score (nSPS) is 10.6. The molecule has 0 aliphatic heterocycles. The molecule has 1 heterocycles. The van der Waals surface area contributed by atoms with Gasteiger partial charge in [0.2, 0.25) is 5.43 Å². The molecule has 0 bridgehead atoms. The molecule has 0 saturated heterocycles. The zero-order valence-electron chi connectivity index (χ0n) is 15.3. The first kappa shape index (κ1) is 17.6. The minimum Gasteiger partial charge on any atom is -0.489 e. The van der Waals surface area contributed by atoms with Gasteiger partial charge in [0.05, 0.1) is 22.6 Å². The van der Waals surface area contributed by atoms with Crippen molar-refractivity contribution in [1.82, 2.24) is 0 Å². The highest BCUT2D eigenvalue weighted by Gasteiger charge is 2.14. The zero-order valence-corrected chi connectivity index (χ0v) is 15.3. The van der Waals surface area contributed by atoms with Crippen LogP contribution in [0.4, 0.5) is 0 Å². The highest BCUT2D eigenvalue weighted by molar-refractivity contribution is 5.83. The fourth-order valence-electron chi connectivity index (χ4n) is 3.16. The van der Waals surface area contributed by atoms with Crippen LogP contribution in [0.25, 0.3) is 22.1 Å². The van der Waals surface area contributed by atoms with E-state index >= 15 is 0 Å². The topological polar surface area (TPSA) is 63.2 Å². The van der Waals surface area contributed by atoms with Crippen molar-refractivity contribution in [3.8, 4) is 22.9 Å². The minimum absolute atomic E-state index is 0.0522. The summed E-state index contributed by atoms with van der Waals surface area (Å²) in [5.74, 6) is 1.19. The SMILES string of the molecule is Cc1oc2cc(OCc3ccc(C#N)cc3)ccc2c(=O)c1-c1ccccc1. The second-order valence-electron chi connectivity index (χ2n) is 6.48. The third-order valence-corrected chi connectivity index (χ3v) is 4.59. The molecular formula is C24H17NO3. The summed E-state index contributed by atoms with van der Waals surface area (Å²) in [6.07, 6.45) is 0. The standard InChI is InChI=1S/C24H17NO3/c1-16-23(19-5-3-2-4-6-19)24(26)21-12-11-20(13-22(21)28-16)27-15-18-9-7-17(14-25)8-10-18/h2-13H,15H2,1H3. The summed E-state index contributed by atoms with van der Waals surface area (Å²) >= 11 is 0. The Morgan fingerprint density at radius 3 is 2.46 bits per heavy atom. The van der Waals surface area contributed by atoms with Crippen molar-refractivity contribution in [3.05, 3.63) is 99.9 Å². The molecule has 1 aromatic heterocycles. The Morgan fingerprint density at radius 2 is 1.75 bits per heavy atom. The van der Waals surface area contributed by atoms with Crippen molar-refractivity contribution >= 4 is 11.0 Å². The number of fused-ring (bicyclic) bond motifs is 1. The average molecular weight is 367 g/mol. The third-order valence-electron chi connectivity index (χ3n) is 4.59. The Balaban J connectivity index is 1.64. The van der Waals surface area contributed by atoms with Crippen LogP contribution in [0.1, 0.15) is 16.9 Å². The predicted octanol–water partition coefficient (Wildman–Crippen LogP) is 5.22. The molecule has 0 saturated carbocycles. The summed E-state index contributed by atoms with van der Waals surface area (Å²) in [5.41, 5.74) is 3.44. The van der Waals surface area contributed by atoms with Gasteiger partial charge in [0.15, 0.2) is 0 Å². The van der Waals surface area contributed by atoms with Crippen molar-refractivity contribution in [3.63, 3.8) is 0 Å². The third kappa shape index (κ3) is 3.38. The summed E-state index contributed by atoms with van der Waals surface area (Å²) in [5, 5.41) is 9.38. The Labute approximate surface area is 162 Å². The van der Waals surface area contributed by atoms with Gasteiger partial charge in [-0.2, -0.15) is 5.26 Å². The first-order valence-electron chi connectivity index (χ1n) is 8.90. The number of hydrogen-bond donors (Lipinski definition) is 0. The van der Waals surface area contributed by atoms with Crippen LogP contribution < -0.4 is 10.2 Å². The molecule has 0 spiro atoms. The largest absolute Gasteiger partial charge is 0.489 e. The highest BCUT2D eigenvalue weighted by Crippen LogP contribution is 2.26. The van der Waals surface area contributed by atoms with Gasteiger partial charge in [-0.25, -0.2) is 0 Å². The molecular weight excluding hydrogens is 350 g/mol. The van der Waals surface area contributed by atoms with Gasteiger partial charge >= 0.3 is 0 Å². The maximum absolute atomic E-state index is 13.0. The van der Waals surface area contributed by atoms with E-state index in [2.05, 4.69) is 6.07 Å². The highest BCUT2D eigenvalue weighted by atomic mass is 16.5. The molecule has 4 nitrogen and oxygen atoms in total. The molecule has 4 aromatic rings. The number of benzene rings is 3. The lowest BCUT2D eigenvalue weighted by Gasteiger charge is -2.10. The molecule has 0 fully saturated rings. The molecule has 0 amide bonds. The number of aryl methyl sites for hydroxylation is 1. The van der Waals surface area contributed by atoms with Crippen molar-refractivity contribution in [1.29, 1.82) is 5.26 Å². The first-order chi connectivity index (χ1) is 13.7. The molecule has 4 heteroatoms. The van der Waals surface area contributed by atoms with Gasteiger partial charge in [-0.1, -0.05) is 42.5 Å². The van der Waals surface area contributed by atoms with Crippen molar-refractivity contribution < 1.29 is 9.15 Å². The van der Waals surface area contributed by atoms with E-state index in [-0.39, 0.29) is 5.43 Å². The Morgan fingerprint density at radius 1 is 1.00 bits per heavy atom.